The average molecular weight is 336 g/mol. The second-order valence-corrected chi connectivity index (χ2v) is 6.97. The minimum Gasteiger partial charge on any atom is -0.494 e. The molecule has 6 heteroatoms. The van der Waals surface area contributed by atoms with E-state index in [0.717, 1.165) is 31.2 Å². The molecule has 0 spiro atoms. The van der Waals surface area contributed by atoms with Crippen molar-refractivity contribution >= 4 is 11.7 Å². The first-order valence-corrected chi connectivity index (χ1v) is 8.55. The van der Waals surface area contributed by atoms with Crippen molar-refractivity contribution in [3.05, 3.63) is 23.5 Å². The summed E-state index contributed by atoms with van der Waals surface area (Å²) in [5.74, 6) is -0.200. The number of aliphatic hydroxyl groups is 1. The number of aryl methyl sites for hydroxylation is 1. The van der Waals surface area contributed by atoms with Crippen molar-refractivity contribution in [2.45, 2.75) is 44.6 Å². The summed E-state index contributed by atoms with van der Waals surface area (Å²) in [6, 6.07) is 2.61. The van der Waals surface area contributed by atoms with Crippen LogP contribution in [0.3, 0.4) is 0 Å². The molecule has 0 bridgehead atoms. The van der Waals surface area contributed by atoms with Gasteiger partial charge in [0, 0.05) is 30.8 Å². The fourth-order valence-corrected chi connectivity index (χ4v) is 3.90. The standard InChI is InChI=1S/C18H25FN2O3/c1-12-9-16(24-2)14(19)10-15(12)20-17(22)21-8-7-18(23)6-4-3-5-13(18)11-21/h9-10,13,23H,3-8,11H2,1-2H3,(H,20,22)/t13-,18+/m1/s1. The number of nitrogens with zero attached hydrogens (tertiary/aromatic N) is 1. The van der Waals surface area contributed by atoms with E-state index in [0.29, 0.717) is 25.2 Å². The molecule has 1 saturated heterocycles. The number of amides is 2. The van der Waals surface area contributed by atoms with E-state index in [-0.39, 0.29) is 17.7 Å². The lowest BCUT2D eigenvalue weighted by Crippen LogP contribution is -2.55. The highest BCUT2D eigenvalue weighted by atomic mass is 19.1. The van der Waals surface area contributed by atoms with Crippen molar-refractivity contribution < 1.29 is 19.0 Å². The molecule has 0 radical (unpaired) electrons. The summed E-state index contributed by atoms with van der Waals surface area (Å²) >= 11 is 0. The maximum absolute atomic E-state index is 13.9. The van der Waals surface area contributed by atoms with E-state index in [1.807, 2.05) is 0 Å². The van der Waals surface area contributed by atoms with Gasteiger partial charge in [-0.05, 0) is 37.8 Å². The van der Waals surface area contributed by atoms with Gasteiger partial charge in [-0.3, -0.25) is 0 Å². The van der Waals surface area contributed by atoms with Crippen LogP contribution < -0.4 is 10.1 Å². The van der Waals surface area contributed by atoms with Crippen LogP contribution in [0.1, 0.15) is 37.7 Å². The number of carbonyl (C=O) groups is 1. The van der Waals surface area contributed by atoms with E-state index in [1.54, 1.807) is 17.9 Å². The van der Waals surface area contributed by atoms with Gasteiger partial charge in [0.15, 0.2) is 11.6 Å². The molecule has 1 saturated carbocycles. The van der Waals surface area contributed by atoms with Crippen LogP contribution in [0.4, 0.5) is 14.9 Å². The van der Waals surface area contributed by atoms with Crippen molar-refractivity contribution in [3.8, 4) is 5.75 Å². The van der Waals surface area contributed by atoms with Gasteiger partial charge in [0.25, 0.3) is 0 Å². The third-order valence-electron chi connectivity index (χ3n) is 5.46. The molecule has 5 nitrogen and oxygen atoms in total. The van der Waals surface area contributed by atoms with Gasteiger partial charge in [0.1, 0.15) is 0 Å². The fraction of sp³-hybridized carbons (Fsp3) is 0.611. The lowest BCUT2D eigenvalue weighted by molar-refractivity contribution is -0.0863. The number of fused-ring (bicyclic) bond motifs is 1. The fourth-order valence-electron chi connectivity index (χ4n) is 3.90. The normalized spacial score (nSPS) is 26.7. The van der Waals surface area contributed by atoms with Gasteiger partial charge in [-0.15, -0.1) is 0 Å². The van der Waals surface area contributed by atoms with Gasteiger partial charge in [0.2, 0.25) is 0 Å². The van der Waals surface area contributed by atoms with Crippen molar-refractivity contribution in [1.29, 1.82) is 0 Å². The Hall–Kier alpha value is -1.82. The molecule has 2 N–H and O–H groups in total. The minimum absolute atomic E-state index is 0.138. The van der Waals surface area contributed by atoms with Gasteiger partial charge in [-0.1, -0.05) is 12.8 Å². The SMILES string of the molecule is COc1cc(C)c(NC(=O)N2CC[C@@]3(O)CCCC[C@@H]3C2)cc1F. The minimum atomic E-state index is -0.614. The Morgan fingerprint density at radius 3 is 2.96 bits per heavy atom. The van der Waals surface area contributed by atoms with E-state index in [4.69, 9.17) is 4.74 Å². The molecule has 1 heterocycles. The van der Waals surface area contributed by atoms with Crippen LogP contribution in [0.15, 0.2) is 12.1 Å². The number of methoxy groups -OCH3 is 1. The quantitative estimate of drug-likeness (QED) is 0.871. The Labute approximate surface area is 141 Å². The number of urea groups is 1. The molecule has 1 aromatic carbocycles. The van der Waals surface area contributed by atoms with E-state index in [9.17, 15) is 14.3 Å². The molecule has 2 atom stereocenters. The number of hydrogen-bond acceptors (Lipinski definition) is 3. The third-order valence-corrected chi connectivity index (χ3v) is 5.46. The van der Waals surface area contributed by atoms with Crippen LogP contribution in [-0.2, 0) is 0 Å². The summed E-state index contributed by atoms with van der Waals surface area (Å²) in [7, 11) is 1.41. The van der Waals surface area contributed by atoms with Crippen LogP contribution in [0.25, 0.3) is 0 Å². The number of hydrogen-bond donors (Lipinski definition) is 2. The van der Waals surface area contributed by atoms with Crippen LogP contribution in [0.2, 0.25) is 0 Å². The Morgan fingerprint density at radius 1 is 1.42 bits per heavy atom. The number of anilines is 1. The highest BCUT2D eigenvalue weighted by Crippen LogP contribution is 2.40. The highest BCUT2D eigenvalue weighted by molar-refractivity contribution is 5.90. The predicted molar refractivity (Wildman–Crippen MR) is 89.8 cm³/mol. The summed E-state index contributed by atoms with van der Waals surface area (Å²) in [4.78, 5) is 14.3. The summed E-state index contributed by atoms with van der Waals surface area (Å²) in [5, 5.41) is 13.5. The second-order valence-electron chi connectivity index (χ2n) is 6.97. The summed E-state index contributed by atoms with van der Waals surface area (Å²) < 4.78 is 18.8. The number of benzene rings is 1. The second kappa shape index (κ2) is 6.59. The van der Waals surface area contributed by atoms with E-state index >= 15 is 0 Å². The van der Waals surface area contributed by atoms with Gasteiger partial charge >= 0.3 is 6.03 Å². The van der Waals surface area contributed by atoms with Crippen molar-refractivity contribution in [2.24, 2.45) is 5.92 Å². The zero-order valence-electron chi connectivity index (χ0n) is 14.3. The van der Waals surface area contributed by atoms with Crippen molar-refractivity contribution in [3.63, 3.8) is 0 Å². The van der Waals surface area contributed by atoms with Crippen molar-refractivity contribution in [1.82, 2.24) is 4.90 Å². The number of nitrogens with one attached hydrogen (secondary N) is 1. The molecule has 1 aromatic rings. The van der Waals surface area contributed by atoms with E-state index in [2.05, 4.69) is 5.32 Å². The molecule has 2 aliphatic rings. The smallest absolute Gasteiger partial charge is 0.321 e. The molecule has 2 fully saturated rings. The monoisotopic (exact) mass is 336 g/mol. The molecular formula is C18H25FN2O3. The zero-order chi connectivity index (χ0) is 17.3. The Kier molecular flexibility index (Phi) is 4.67. The molecule has 24 heavy (non-hydrogen) atoms. The number of carbonyl (C=O) groups excluding carboxylic acids is 1. The van der Waals surface area contributed by atoms with Crippen LogP contribution in [0, 0.1) is 18.7 Å². The molecule has 0 unspecified atom stereocenters. The van der Waals surface area contributed by atoms with Gasteiger partial charge in [-0.2, -0.15) is 0 Å². The molecule has 0 aromatic heterocycles. The summed E-state index contributed by atoms with van der Waals surface area (Å²) in [6.07, 6.45) is 4.56. The summed E-state index contributed by atoms with van der Waals surface area (Å²) in [5.41, 5.74) is 0.576. The highest BCUT2D eigenvalue weighted by Gasteiger charge is 2.43. The lowest BCUT2D eigenvalue weighted by Gasteiger charge is -2.47. The molecule has 2 amide bonds. The third kappa shape index (κ3) is 3.20. The largest absolute Gasteiger partial charge is 0.494 e. The predicted octanol–water partition coefficient (Wildman–Crippen LogP) is 3.30. The van der Waals surface area contributed by atoms with Crippen LogP contribution in [-0.4, -0.2) is 41.8 Å². The first-order valence-electron chi connectivity index (χ1n) is 8.55. The molecule has 1 aliphatic carbocycles. The molecule has 1 aliphatic heterocycles. The number of likely N-dealkylation sites (tertiary alicyclic amines) is 1. The van der Waals surface area contributed by atoms with Gasteiger partial charge < -0.3 is 20.1 Å². The van der Waals surface area contributed by atoms with Crippen LogP contribution in [0.5, 0.6) is 5.75 Å². The van der Waals surface area contributed by atoms with E-state index < -0.39 is 11.4 Å². The van der Waals surface area contributed by atoms with Gasteiger partial charge in [0.05, 0.1) is 12.7 Å². The zero-order valence-corrected chi connectivity index (χ0v) is 14.3. The lowest BCUT2D eigenvalue weighted by atomic mass is 9.71. The van der Waals surface area contributed by atoms with Crippen molar-refractivity contribution in [2.75, 3.05) is 25.5 Å². The summed E-state index contributed by atoms with van der Waals surface area (Å²) in [6.45, 7) is 2.88. The average Bonchev–Trinajstić information content (AvgIpc) is 2.56. The van der Waals surface area contributed by atoms with E-state index in [1.165, 1.54) is 13.2 Å². The Balaban J connectivity index is 1.69. The number of piperidine rings is 1. The Morgan fingerprint density at radius 2 is 2.21 bits per heavy atom. The molecule has 3 rings (SSSR count). The van der Waals surface area contributed by atoms with Crippen LogP contribution >= 0.6 is 0 Å². The topological polar surface area (TPSA) is 61.8 Å². The molecular weight excluding hydrogens is 311 g/mol. The number of halogens is 1. The maximum atomic E-state index is 13.9. The van der Waals surface area contributed by atoms with Gasteiger partial charge in [-0.25, -0.2) is 9.18 Å². The first kappa shape index (κ1) is 17.0. The molecule has 132 valence electrons. The first-order chi connectivity index (χ1) is 11.4. The Bertz CT molecular complexity index is 637. The maximum Gasteiger partial charge on any atom is 0.321 e. The number of ether oxygens (including phenoxy) is 1. The number of rotatable bonds is 2.